The average molecular weight is 430 g/mol. The summed E-state index contributed by atoms with van der Waals surface area (Å²) in [7, 11) is 0. The second kappa shape index (κ2) is 9.07. The van der Waals surface area contributed by atoms with Crippen molar-refractivity contribution < 1.29 is 9.53 Å². The molecule has 0 spiro atoms. The molecule has 3 aromatic carbocycles. The summed E-state index contributed by atoms with van der Waals surface area (Å²) in [4.78, 5) is 15.4. The lowest BCUT2D eigenvalue weighted by molar-refractivity contribution is -0.138. The highest BCUT2D eigenvalue weighted by Crippen LogP contribution is 2.41. The number of hydrogen-bond donors (Lipinski definition) is 0. The summed E-state index contributed by atoms with van der Waals surface area (Å²) in [5.74, 6) is 0.0340. The highest BCUT2D eigenvalue weighted by molar-refractivity contribution is 6.01. The number of benzene rings is 3. The van der Waals surface area contributed by atoms with Gasteiger partial charge in [-0.1, -0.05) is 42.5 Å². The van der Waals surface area contributed by atoms with Crippen LogP contribution in [0.25, 0.3) is 21.9 Å². The fourth-order valence-corrected chi connectivity index (χ4v) is 4.86. The first-order chi connectivity index (χ1) is 15.2. The maximum absolute atomic E-state index is 12.9. The molecule has 1 heterocycles. The number of hydrogen-bond acceptors (Lipinski definition) is 3. The number of carbonyl (C=O) groups is 1. The number of Topliss-reactive ketones (excluding diaryl/α,β-unsaturated/α-hetero) is 1. The zero-order valence-corrected chi connectivity index (χ0v) is 20.1. The second-order valence-corrected chi connectivity index (χ2v) is 10.0. The molecule has 1 fully saturated rings. The van der Waals surface area contributed by atoms with Crippen LogP contribution in [0.15, 0.2) is 54.6 Å². The third-order valence-electron chi connectivity index (χ3n) is 6.26. The lowest BCUT2D eigenvalue weighted by atomic mass is 9.86. The highest BCUT2D eigenvalue weighted by Gasteiger charge is 2.29. The number of ketones is 1. The zero-order valence-electron chi connectivity index (χ0n) is 20.1. The smallest absolute Gasteiger partial charge is 0.163 e. The third-order valence-corrected chi connectivity index (χ3v) is 6.26. The Hall–Kier alpha value is -2.65. The van der Waals surface area contributed by atoms with Gasteiger partial charge in [0.05, 0.1) is 5.60 Å². The quantitative estimate of drug-likeness (QED) is 0.428. The molecule has 4 rings (SSSR count). The summed E-state index contributed by atoms with van der Waals surface area (Å²) in [6.07, 6.45) is 3.20. The summed E-state index contributed by atoms with van der Waals surface area (Å²) in [5.41, 5.74) is 5.17. The predicted octanol–water partition coefficient (Wildman–Crippen LogP) is 7.25. The maximum Gasteiger partial charge on any atom is 0.163 e. The molecule has 1 atom stereocenters. The van der Waals surface area contributed by atoms with Crippen LogP contribution >= 0.6 is 0 Å². The molecule has 0 aliphatic carbocycles. The van der Waals surface area contributed by atoms with Gasteiger partial charge in [-0.15, -0.1) is 0 Å². The van der Waals surface area contributed by atoms with Crippen molar-refractivity contribution in [3.63, 3.8) is 0 Å². The Morgan fingerprint density at radius 2 is 1.69 bits per heavy atom. The molecule has 1 saturated heterocycles. The fourth-order valence-electron chi connectivity index (χ4n) is 4.86. The molecule has 3 nitrogen and oxygen atoms in total. The Balaban J connectivity index is 1.95. The molecule has 3 heteroatoms. The van der Waals surface area contributed by atoms with Crippen molar-refractivity contribution in [1.82, 2.24) is 0 Å². The lowest BCUT2D eigenvalue weighted by Crippen LogP contribution is -2.29. The van der Waals surface area contributed by atoms with Crippen LogP contribution in [0.2, 0.25) is 0 Å². The number of ether oxygens (including phenoxy) is 1. The molecule has 0 unspecified atom stereocenters. The molecule has 0 bridgehead atoms. The van der Waals surface area contributed by atoms with Crippen molar-refractivity contribution in [2.24, 2.45) is 0 Å². The van der Waals surface area contributed by atoms with Gasteiger partial charge in [0.1, 0.15) is 6.10 Å². The number of fused-ring (bicyclic) bond motifs is 1. The van der Waals surface area contributed by atoms with Crippen LogP contribution in [-0.4, -0.2) is 24.5 Å². The average Bonchev–Trinajstić information content (AvgIpc) is 2.77. The van der Waals surface area contributed by atoms with E-state index in [1.165, 1.54) is 30.3 Å². The first kappa shape index (κ1) is 22.5. The van der Waals surface area contributed by atoms with Gasteiger partial charge in [-0.25, -0.2) is 0 Å². The van der Waals surface area contributed by atoms with Crippen molar-refractivity contribution in [2.75, 3.05) is 18.0 Å². The Morgan fingerprint density at radius 1 is 0.969 bits per heavy atom. The fraction of sp³-hybridized carbons (Fsp3) is 0.414. The van der Waals surface area contributed by atoms with Gasteiger partial charge < -0.3 is 9.64 Å². The summed E-state index contributed by atoms with van der Waals surface area (Å²) < 4.78 is 6.36. The van der Waals surface area contributed by atoms with E-state index in [1.807, 2.05) is 20.8 Å². The van der Waals surface area contributed by atoms with Gasteiger partial charge in [-0.2, -0.15) is 0 Å². The standard InChI is InChI=1S/C29H35NO2/c1-20-18-22-12-7-8-15-25(22)27(26(20)28(21(2)31)32-29(3,4)5)23-13-11-14-24(19-23)30-16-9-6-10-17-30/h7-8,11-15,18-19,28H,6,9-10,16-17H2,1-5H3/t28-/m1/s1. The van der Waals surface area contributed by atoms with Gasteiger partial charge in [-0.3, -0.25) is 4.79 Å². The number of carbonyl (C=O) groups excluding carboxylic acids is 1. The van der Waals surface area contributed by atoms with Crippen molar-refractivity contribution >= 4 is 22.2 Å². The number of nitrogens with zero attached hydrogens (tertiary/aromatic N) is 1. The Bertz CT molecular complexity index is 1120. The minimum absolute atomic E-state index is 0.0340. The first-order valence-corrected chi connectivity index (χ1v) is 11.8. The molecular formula is C29H35NO2. The maximum atomic E-state index is 12.9. The number of rotatable bonds is 5. The van der Waals surface area contributed by atoms with Gasteiger partial charge in [0, 0.05) is 18.8 Å². The van der Waals surface area contributed by atoms with Crippen LogP contribution in [0.1, 0.15) is 64.2 Å². The highest BCUT2D eigenvalue weighted by atomic mass is 16.5. The van der Waals surface area contributed by atoms with E-state index in [2.05, 4.69) is 66.4 Å². The number of piperidine rings is 1. The predicted molar refractivity (Wildman–Crippen MR) is 134 cm³/mol. The van der Waals surface area contributed by atoms with Crippen molar-refractivity contribution in [2.45, 2.75) is 65.6 Å². The van der Waals surface area contributed by atoms with Crippen molar-refractivity contribution in [1.29, 1.82) is 0 Å². The zero-order chi connectivity index (χ0) is 22.9. The van der Waals surface area contributed by atoms with E-state index in [1.54, 1.807) is 6.92 Å². The molecule has 1 aliphatic rings. The summed E-state index contributed by atoms with van der Waals surface area (Å²) in [5, 5.41) is 2.35. The first-order valence-electron chi connectivity index (χ1n) is 11.8. The van der Waals surface area contributed by atoms with E-state index in [0.717, 1.165) is 40.7 Å². The molecular weight excluding hydrogens is 394 g/mol. The van der Waals surface area contributed by atoms with E-state index < -0.39 is 11.7 Å². The Labute approximate surface area is 192 Å². The molecule has 168 valence electrons. The Morgan fingerprint density at radius 3 is 2.38 bits per heavy atom. The molecule has 0 aromatic heterocycles. The van der Waals surface area contributed by atoms with E-state index in [-0.39, 0.29) is 5.78 Å². The molecule has 0 saturated carbocycles. The van der Waals surface area contributed by atoms with E-state index >= 15 is 0 Å². The van der Waals surface area contributed by atoms with E-state index in [4.69, 9.17) is 4.74 Å². The number of aryl methyl sites for hydroxylation is 1. The summed E-state index contributed by atoms with van der Waals surface area (Å²) in [6.45, 7) is 12.0. The van der Waals surface area contributed by atoms with Gasteiger partial charge in [-0.05, 0) is 99.0 Å². The van der Waals surface area contributed by atoms with Crippen LogP contribution < -0.4 is 4.90 Å². The summed E-state index contributed by atoms with van der Waals surface area (Å²) >= 11 is 0. The molecule has 0 amide bonds. The van der Waals surface area contributed by atoms with Crippen molar-refractivity contribution in [3.8, 4) is 11.1 Å². The molecule has 0 N–H and O–H groups in total. The van der Waals surface area contributed by atoms with Gasteiger partial charge in [0.25, 0.3) is 0 Å². The van der Waals surface area contributed by atoms with Crippen LogP contribution in [0.4, 0.5) is 5.69 Å². The normalized spacial score (nSPS) is 15.7. The largest absolute Gasteiger partial charge is 0.372 e. The monoisotopic (exact) mass is 429 g/mol. The third kappa shape index (κ3) is 4.73. The Kier molecular flexibility index (Phi) is 6.39. The molecule has 3 aromatic rings. The molecule has 32 heavy (non-hydrogen) atoms. The summed E-state index contributed by atoms with van der Waals surface area (Å²) in [6, 6.07) is 19.5. The van der Waals surface area contributed by atoms with Gasteiger partial charge in [0.2, 0.25) is 0 Å². The van der Waals surface area contributed by atoms with Crippen LogP contribution in [0.3, 0.4) is 0 Å². The molecule has 0 radical (unpaired) electrons. The number of anilines is 1. The van der Waals surface area contributed by atoms with Crippen LogP contribution in [-0.2, 0) is 9.53 Å². The second-order valence-electron chi connectivity index (χ2n) is 10.0. The lowest BCUT2D eigenvalue weighted by Gasteiger charge is -2.31. The van der Waals surface area contributed by atoms with Crippen molar-refractivity contribution in [3.05, 3.63) is 65.7 Å². The SMILES string of the molecule is CC(=O)[C@@H](OC(C)(C)C)c1c(C)cc2ccccc2c1-c1cccc(N2CCCCC2)c1. The van der Waals surface area contributed by atoms with E-state index in [9.17, 15) is 4.79 Å². The van der Waals surface area contributed by atoms with Crippen LogP contribution in [0, 0.1) is 6.92 Å². The van der Waals surface area contributed by atoms with Gasteiger partial charge >= 0.3 is 0 Å². The van der Waals surface area contributed by atoms with Crippen LogP contribution in [0.5, 0.6) is 0 Å². The molecule has 1 aliphatic heterocycles. The minimum Gasteiger partial charge on any atom is -0.372 e. The van der Waals surface area contributed by atoms with E-state index in [0.29, 0.717) is 0 Å². The van der Waals surface area contributed by atoms with Gasteiger partial charge in [0.15, 0.2) is 5.78 Å². The minimum atomic E-state index is -0.603. The topological polar surface area (TPSA) is 29.5 Å².